The van der Waals surface area contributed by atoms with E-state index in [-0.39, 0.29) is 18.4 Å². The molecule has 1 aromatic rings. The van der Waals surface area contributed by atoms with E-state index >= 15 is 0 Å². The van der Waals surface area contributed by atoms with Crippen LogP contribution < -0.4 is 16.0 Å². The highest BCUT2D eigenvalue weighted by molar-refractivity contribution is 5.97. The molecular formula is C13H21N5O2. The Morgan fingerprint density at radius 2 is 2.15 bits per heavy atom. The second kappa shape index (κ2) is 5.62. The molecule has 1 aliphatic rings. The Morgan fingerprint density at radius 3 is 2.75 bits per heavy atom. The maximum atomic E-state index is 12.0. The molecule has 0 aliphatic heterocycles. The molecule has 2 rings (SSSR count). The molecule has 0 radical (unpaired) electrons. The molecule has 3 N–H and O–H groups in total. The number of anilines is 1. The lowest BCUT2D eigenvalue weighted by molar-refractivity contribution is -0.122. The summed E-state index contributed by atoms with van der Waals surface area (Å²) in [5.41, 5.74) is -0.0802. The highest BCUT2D eigenvalue weighted by atomic mass is 16.2. The van der Waals surface area contributed by atoms with Gasteiger partial charge in [-0.25, -0.2) is 0 Å². The minimum Gasteiger partial charge on any atom is -0.352 e. The van der Waals surface area contributed by atoms with Gasteiger partial charge in [-0.05, 0) is 33.7 Å². The van der Waals surface area contributed by atoms with Crippen molar-refractivity contribution in [3.8, 4) is 0 Å². The molecule has 0 unspecified atom stereocenters. The summed E-state index contributed by atoms with van der Waals surface area (Å²) < 4.78 is 1.51. The fourth-order valence-corrected chi connectivity index (χ4v) is 1.56. The number of carbonyl (C=O) groups is 2. The molecule has 1 aliphatic carbocycles. The van der Waals surface area contributed by atoms with Crippen LogP contribution in [0.1, 0.15) is 26.7 Å². The highest BCUT2D eigenvalue weighted by Gasteiger charge is 2.26. The molecule has 0 bridgehead atoms. The molecule has 0 saturated heterocycles. The van der Waals surface area contributed by atoms with Crippen LogP contribution >= 0.6 is 0 Å². The summed E-state index contributed by atoms with van der Waals surface area (Å²) in [5.74, 6) is -0.203. The first kappa shape index (κ1) is 14.5. The third-order valence-electron chi connectivity index (χ3n) is 3.33. The first-order valence-corrected chi connectivity index (χ1v) is 6.73. The van der Waals surface area contributed by atoms with Crippen molar-refractivity contribution in [1.82, 2.24) is 20.4 Å². The molecule has 1 aromatic heterocycles. The first-order valence-electron chi connectivity index (χ1n) is 6.73. The van der Waals surface area contributed by atoms with E-state index in [1.165, 1.54) is 10.9 Å². The minimum atomic E-state index is -0.661. The Labute approximate surface area is 118 Å². The van der Waals surface area contributed by atoms with E-state index in [4.69, 9.17) is 0 Å². The van der Waals surface area contributed by atoms with Gasteiger partial charge in [0.25, 0.3) is 0 Å². The Bertz CT molecular complexity index is 505. The van der Waals surface area contributed by atoms with Crippen molar-refractivity contribution >= 4 is 17.5 Å². The van der Waals surface area contributed by atoms with Gasteiger partial charge in [0.15, 0.2) is 0 Å². The molecule has 1 saturated carbocycles. The van der Waals surface area contributed by atoms with E-state index in [1.807, 2.05) is 0 Å². The first-order chi connectivity index (χ1) is 9.40. The normalized spacial score (nSPS) is 14.9. The van der Waals surface area contributed by atoms with Crippen molar-refractivity contribution in [2.75, 3.05) is 12.4 Å². The maximum absolute atomic E-state index is 12.0. The lowest BCUT2D eigenvalue weighted by Gasteiger charge is -2.22. The molecule has 0 spiro atoms. The zero-order chi connectivity index (χ0) is 14.8. The summed E-state index contributed by atoms with van der Waals surface area (Å²) in [6.07, 6.45) is 5.31. The van der Waals surface area contributed by atoms with Gasteiger partial charge in [0.1, 0.15) is 6.54 Å². The van der Waals surface area contributed by atoms with Gasteiger partial charge in [-0.3, -0.25) is 14.3 Å². The Hall–Kier alpha value is -1.89. The van der Waals surface area contributed by atoms with Gasteiger partial charge in [0.05, 0.1) is 17.4 Å². The summed E-state index contributed by atoms with van der Waals surface area (Å²) in [7, 11) is 1.73. The topological polar surface area (TPSA) is 88.1 Å². The zero-order valence-electron chi connectivity index (χ0n) is 12.1. The van der Waals surface area contributed by atoms with E-state index in [1.54, 1.807) is 27.1 Å². The Morgan fingerprint density at radius 1 is 1.45 bits per heavy atom. The van der Waals surface area contributed by atoms with Crippen molar-refractivity contribution in [3.05, 3.63) is 12.4 Å². The molecule has 2 amide bonds. The number of rotatable bonds is 6. The zero-order valence-corrected chi connectivity index (χ0v) is 12.1. The number of aromatic nitrogens is 2. The third kappa shape index (κ3) is 3.80. The number of hydrogen-bond donors (Lipinski definition) is 3. The largest absolute Gasteiger partial charge is 0.352 e. The van der Waals surface area contributed by atoms with Crippen LogP contribution in [0.3, 0.4) is 0 Å². The van der Waals surface area contributed by atoms with Crippen LogP contribution in [0, 0.1) is 0 Å². The van der Waals surface area contributed by atoms with Crippen LogP contribution in [0.4, 0.5) is 5.69 Å². The van der Waals surface area contributed by atoms with Gasteiger partial charge in [0.2, 0.25) is 11.8 Å². The standard InChI is InChI=1S/C13H21N5O2/c1-13(2,14-3)12(20)17-10-6-15-18(7-10)8-11(19)16-9-4-5-9/h6-7,9,14H,4-5,8H2,1-3H3,(H,16,19)(H,17,20). The summed E-state index contributed by atoms with van der Waals surface area (Å²) >= 11 is 0. The lowest BCUT2D eigenvalue weighted by atomic mass is 10.1. The molecule has 7 heteroatoms. The second-order valence-corrected chi connectivity index (χ2v) is 5.60. The van der Waals surface area contributed by atoms with Crippen LogP contribution in [-0.4, -0.2) is 40.2 Å². The predicted octanol–water partition coefficient (Wildman–Crippen LogP) is 0.0982. The van der Waals surface area contributed by atoms with E-state index in [0.717, 1.165) is 12.8 Å². The number of hydrogen-bond acceptors (Lipinski definition) is 4. The summed E-state index contributed by atoms with van der Waals surface area (Å²) in [6.45, 7) is 3.74. The van der Waals surface area contributed by atoms with Gasteiger partial charge >= 0.3 is 0 Å². The van der Waals surface area contributed by atoms with Crippen molar-refractivity contribution < 1.29 is 9.59 Å². The van der Waals surface area contributed by atoms with Crippen molar-refractivity contribution in [2.45, 2.75) is 44.8 Å². The molecule has 1 heterocycles. The van der Waals surface area contributed by atoms with Crippen LogP contribution in [-0.2, 0) is 16.1 Å². The van der Waals surface area contributed by atoms with Gasteiger partial charge in [-0.15, -0.1) is 0 Å². The van der Waals surface area contributed by atoms with Crippen molar-refractivity contribution in [2.24, 2.45) is 0 Å². The second-order valence-electron chi connectivity index (χ2n) is 5.60. The number of nitrogens with one attached hydrogen (secondary N) is 3. The molecule has 1 fully saturated rings. The number of carbonyl (C=O) groups excluding carboxylic acids is 2. The van der Waals surface area contributed by atoms with Gasteiger partial charge < -0.3 is 16.0 Å². The smallest absolute Gasteiger partial charge is 0.244 e. The fourth-order valence-electron chi connectivity index (χ4n) is 1.56. The monoisotopic (exact) mass is 279 g/mol. The SMILES string of the molecule is CNC(C)(C)C(=O)Nc1cnn(CC(=O)NC2CC2)c1. The van der Waals surface area contributed by atoms with Crippen molar-refractivity contribution in [3.63, 3.8) is 0 Å². The summed E-state index contributed by atoms with van der Waals surface area (Å²) in [5, 5.41) is 12.6. The molecule has 20 heavy (non-hydrogen) atoms. The van der Waals surface area contributed by atoms with Gasteiger partial charge in [-0.2, -0.15) is 5.10 Å². The van der Waals surface area contributed by atoms with Gasteiger partial charge in [-0.1, -0.05) is 0 Å². The van der Waals surface area contributed by atoms with Crippen LogP contribution in [0.2, 0.25) is 0 Å². The Kier molecular flexibility index (Phi) is 4.08. The summed E-state index contributed by atoms with van der Waals surface area (Å²) in [4.78, 5) is 23.6. The number of amides is 2. The van der Waals surface area contributed by atoms with Crippen molar-refractivity contribution in [1.29, 1.82) is 0 Å². The fraction of sp³-hybridized carbons (Fsp3) is 0.615. The number of likely N-dealkylation sites (N-methyl/N-ethyl adjacent to an activating group) is 1. The quantitative estimate of drug-likeness (QED) is 0.689. The predicted molar refractivity (Wildman–Crippen MR) is 75.2 cm³/mol. The third-order valence-corrected chi connectivity index (χ3v) is 3.33. The van der Waals surface area contributed by atoms with E-state index in [9.17, 15) is 9.59 Å². The van der Waals surface area contributed by atoms with Crippen LogP contribution in [0.25, 0.3) is 0 Å². The molecule has 0 atom stereocenters. The molecular weight excluding hydrogens is 258 g/mol. The number of nitrogens with zero attached hydrogens (tertiary/aromatic N) is 2. The van der Waals surface area contributed by atoms with E-state index < -0.39 is 5.54 Å². The highest BCUT2D eigenvalue weighted by Crippen LogP contribution is 2.18. The lowest BCUT2D eigenvalue weighted by Crippen LogP contribution is -2.47. The minimum absolute atomic E-state index is 0.0518. The van der Waals surface area contributed by atoms with Crippen LogP contribution in [0.15, 0.2) is 12.4 Å². The molecule has 0 aromatic carbocycles. The maximum Gasteiger partial charge on any atom is 0.244 e. The summed E-state index contributed by atoms with van der Waals surface area (Å²) in [6, 6.07) is 0.341. The van der Waals surface area contributed by atoms with Gasteiger partial charge in [0, 0.05) is 12.2 Å². The van der Waals surface area contributed by atoms with E-state index in [0.29, 0.717) is 11.7 Å². The van der Waals surface area contributed by atoms with E-state index in [2.05, 4.69) is 21.0 Å². The van der Waals surface area contributed by atoms with Crippen LogP contribution in [0.5, 0.6) is 0 Å². The average molecular weight is 279 g/mol. The average Bonchev–Trinajstić information content (AvgIpc) is 3.09. The Balaban J connectivity index is 1.88. The molecule has 110 valence electrons. The molecule has 7 nitrogen and oxygen atoms in total.